The van der Waals surface area contributed by atoms with Gasteiger partial charge in [0, 0.05) is 24.5 Å². The molecule has 6 nitrogen and oxygen atoms in total. The largest absolute Gasteiger partial charge is 0.336 e. The maximum atomic E-state index is 12.8. The van der Waals surface area contributed by atoms with Crippen molar-refractivity contribution >= 4 is 11.7 Å². The van der Waals surface area contributed by atoms with E-state index in [1.165, 1.54) is 32.1 Å². The fourth-order valence-corrected chi connectivity index (χ4v) is 4.38. The molecule has 0 radical (unpaired) electrons. The standard InChI is InChI=1S/C18H25N5O/c1-13-12-14(2)23-17(19-13)20-15(21-23)16(24)22-10-8-18(9-11-22)6-4-3-5-7-18/h12H,3-11H2,1-2H3. The highest BCUT2D eigenvalue weighted by Crippen LogP contribution is 2.44. The number of carbonyl (C=O) groups excluding carboxylic acids is 1. The average Bonchev–Trinajstić information content (AvgIpc) is 3.00. The van der Waals surface area contributed by atoms with E-state index in [1.807, 2.05) is 24.8 Å². The van der Waals surface area contributed by atoms with Crippen molar-refractivity contribution in [3.8, 4) is 0 Å². The third-order valence-corrected chi connectivity index (χ3v) is 5.84. The van der Waals surface area contributed by atoms with Crippen LogP contribution >= 0.6 is 0 Å². The summed E-state index contributed by atoms with van der Waals surface area (Å²) in [7, 11) is 0. The zero-order valence-electron chi connectivity index (χ0n) is 14.6. The second kappa shape index (κ2) is 5.83. The minimum Gasteiger partial charge on any atom is -0.336 e. The molecule has 24 heavy (non-hydrogen) atoms. The normalized spacial score (nSPS) is 20.7. The van der Waals surface area contributed by atoms with Crippen LogP contribution in [0.2, 0.25) is 0 Å². The van der Waals surface area contributed by atoms with Gasteiger partial charge >= 0.3 is 0 Å². The SMILES string of the molecule is Cc1cc(C)n2nc(C(=O)N3CCC4(CCCCC4)CC3)nc2n1. The number of amides is 1. The van der Waals surface area contributed by atoms with Gasteiger partial charge in [-0.2, -0.15) is 4.98 Å². The van der Waals surface area contributed by atoms with E-state index in [4.69, 9.17) is 0 Å². The zero-order chi connectivity index (χ0) is 16.7. The summed E-state index contributed by atoms with van der Waals surface area (Å²) in [6.45, 7) is 5.55. The molecule has 1 spiro atoms. The molecule has 4 rings (SSSR count). The van der Waals surface area contributed by atoms with Crippen molar-refractivity contribution in [1.82, 2.24) is 24.5 Å². The van der Waals surface area contributed by atoms with Crippen LogP contribution in [0.1, 0.15) is 67.0 Å². The van der Waals surface area contributed by atoms with Gasteiger partial charge in [-0.1, -0.05) is 19.3 Å². The molecule has 6 heteroatoms. The number of aryl methyl sites for hydroxylation is 2. The van der Waals surface area contributed by atoms with Gasteiger partial charge in [-0.15, -0.1) is 5.10 Å². The Morgan fingerprint density at radius 1 is 1.04 bits per heavy atom. The molecule has 2 fully saturated rings. The summed E-state index contributed by atoms with van der Waals surface area (Å²) in [5.41, 5.74) is 2.34. The van der Waals surface area contributed by atoms with Gasteiger partial charge in [-0.05, 0) is 51.0 Å². The fraction of sp³-hybridized carbons (Fsp3) is 0.667. The molecule has 2 aliphatic rings. The second-order valence-electron chi connectivity index (χ2n) is 7.54. The zero-order valence-corrected chi connectivity index (χ0v) is 14.6. The van der Waals surface area contributed by atoms with E-state index in [-0.39, 0.29) is 11.7 Å². The van der Waals surface area contributed by atoms with Gasteiger partial charge < -0.3 is 4.90 Å². The van der Waals surface area contributed by atoms with Gasteiger partial charge in [0.15, 0.2) is 0 Å². The highest BCUT2D eigenvalue weighted by Gasteiger charge is 2.37. The molecule has 0 aromatic carbocycles. The first kappa shape index (κ1) is 15.5. The number of nitrogens with zero attached hydrogens (tertiary/aromatic N) is 5. The molecular formula is C18H25N5O. The number of piperidine rings is 1. The lowest BCUT2D eigenvalue weighted by atomic mass is 9.68. The highest BCUT2D eigenvalue weighted by molar-refractivity contribution is 5.91. The molecule has 3 heterocycles. The van der Waals surface area contributed by atoms with Crippen molar-refractivity contribution in [2.45, 2.75) is 58.8 Å². The molecule has 2 aromatic rings. The van der Waals surface area contributed by atoms with Crippen LogP contribution in [0.3, 0.4) is 0 Å². The van der Waals surface area contributed by atoms with Gasteiger partial charge in [0.25, 0.3) is 11.7 Å². The Morgan fingerprint density at radius 3 is 2.46 bits per heavy atom. The maximum absolute atomic E-state index is 12.8. The van der Waals surface area contributed by atoms with E-state index in [2.05, 4.69) is 15.1 Å². The molecule has 1 aliphatic carbocycles. The van der Waals surface area contributed by atoms with Gasteiger partial charge in [-0.3, -0.25) is 4.79 Å². The van der Waals surface area contributed by atoms with E-state index >= 15 is 0 Å². The maximum Gasteiger partial charge on any atom is 0.293 e. The Bertz CT molecular complexity index is 765. The van der Waals surface area contributed by atoms with Gasteiger partial charge in [0.1, 0.15) is 0 Å². The molecular weight excluding hydrogens is 302 g/mol. The molecule has 128 valence electrons. The summed E-state index contributed by atoms with van der Waals surface area (Å²) in [4.78, 5) is 23.5. The smallest absolute Gasteiger partial charge is 0.293 e. The Kier molecular flexibility index (Phi) is 3.77. The Hall–Kier alpha value is -1.98. The summed E-state index contributed by atoms with van der Waals surface area (Å²) in [5.74, 6) is 0.732. The summed E-state index contributed by atoms with van der Waals surface area (Å²) >= 11 is 0. The number of carbonyl (C=O) groups is 1. The molecule has 1 saturated heterocycles. The van der Waals surface area contributed by atoms with Gasteiger partial charge in [0.2, 0.25) is 5.82 Å². The Labute approximate surface area is 142 Å². The summed E-state index contributed by atoms with van der Waals surface area (Å²) < 4.78 is 1.66. The first-order valence-corrected chi connectivity index (χ1v) is 9.07. The van der Waals surface area contributed by atoms with Crippen LogP contribution in [0.15, 0.2) is 6.07 Å². The van der Waals surface area contributed by atoms with E-state index in [1.54, 1.807) is 4.52 Å². The van der Waals surface area contributed by atoms with Crippen LogP contribution in [0, 0.1) is 19.3 Å². The minimum atomic E-state index is -0.0526. The number of fused-ring (bicyclic) bond motifs is 1. The predicted molar refractivity (Wildman–Crippen MR) is 90.9 cm³/mol. The molecule has 0 bridgehead atoms. The summed E-state index contributed by atoms with van der Waals surface area (Å²) in [6, 6.07) is 1.95. The van der Waals surface area contributed by atoms with E-state index in [0.717, 1.165) is 37.3 Å². The van der Waals surface area contributed by atoms with Crippen molar-refractivity contribution in [1.29, 1.82) is 0 Å². The monoisotopic (exact) mass is 327 g/mol. The molecule has 1 aliphatic heterocycles. The third kappa shape index (κ3) is 2.68. The third-order valence-electron chi connectivity index (χ3n) is 5.84. The minimum absolute atomic E-state index is 0.0526. The number of hydrogen-bond donors (Lipinski definition) is 0. The van der Waals surface area contributed by atoms with E-state index in [0.29, 0.717) is 11.2 Å². The molecule has 0 N–H and O–H groups in total. The van der Waals surface area contributed by atoms with Crippen LogP contribution in [0.5, 0.6) is 0 Å². The average molecular weight is 327 g/mol. The van der Waals surface area contributed by atoms with Crippen LogP contribution in [-0.4, -0.2) is 43.5 Å². The molecule has 1 saturated carbocycles. The topological polar surface area (TPSA) is 63.4 Å². The Morgan fingerprint density at radius 2 is 1.75 bits per heavy atom. The number of aromatic nitrogens is 4. The van der Waals surface area contributed by atoms with E-state index < -0.39 is 0 Å². The van der Waals surface area contributed by atoms with Crippen molar-refractivity contribution < 1.29 is 4.79 Å². The van der Waals surface area contributed by atoms with Crippen molar-refractivity contribution in [2.24, 2.45) is 5.41 Å². The second-order valence-corrected chi connectivity index (χ2v) is 7.54. The number of hydrogen-bond acceptors (Lipinski definition) is 4. The van der Waals surface area contributed by atoms with Crippen LogP contribution in [-0.2, 0) is 0 Å². The van der Waals surface area contributed by atoms with Crippen molar-refractivity contribution in [3.63, 3.8) is 0 Å². The fourth-order valence-electron chi connectivity index (χ4n) is 4.38. The molecule has 2 aromatic heterocycles. The van der Waals surface area contributed by atoms with E-state index in [9.17, 15) is 4.79 Å². The van der Waals surface area contributed by atoms with Crippen LogP contribution < -0.4 is 0 Å². The number of rotatable bonds is 1. The van der Waals surface area contributed by atoms with Crippen LogP contribution in [0.25, 0.3) is 5.78 Å². The predicted octanol–water partition coefficient (Wildman–Crippen LogP) is 2.93. The van der Waals surface area contributed by atoms with Gasteiger partial charge in [-0.25, -0.2) is 9.50 Å². The van der Waals surface area contributed by atoms with Crippen LogP contribution in [0.4, 0.5) is 0 Å². The molecule has 0 atom stereocenters. The summed E-state index contributed by atoms with van der Waals surface area (Å²) in [5, 5.41) is 4.38. The highest BCUT2D eigenvalue weighted by atomic mass is 16.2. The lowest BCUT2D eigenvalue weighted by molar-refractivity contribution is 0.0462. The van der Waals surface area contributed by atoms with Crippen molar-refractivity contribution in [3.05, 3.63) is 23.3 Å². The quantitative estimate of drug-likeness (QED) is 0.808. The molecule has 1 amide bonds. The lowest BCUT2D eigenvalue weighted by Gasteiger charge is -2.44. The van der Waals surface area contributed by atoms with Crippen molar-refractivity contribution in [2.75, 3.05) is 13.1 Å². The lowest BCUT2D eigenvalue weighted by Crippen LogP contribution is -2.44. The first-order valence-electron chi connectivity index (χ1n) is 9.07. The summed E-state index contributed by atoms with van der Waals surface area (Å²) in [6.07, 6.45) is 9.01. The number of likely N-dealkylation sites (tertiary alicyclic amines) is 1. The molecule has 0 unspecified atom stereocenters. The Balaban J connectivity index is 1.51. The van der Waals surface area contributed by atoms with Gasteiger partial charge in [0.05, 0.1) is 0 Å². The first-order chi connectivity index (χ1) is 11.6.